The van der Waals surface area contributed by atoms with Gasteiger partial charge < -0.3 is 5.32 Å². The molecule has 1 unspecified atom stereocenters. The lowest BCUT2D eigenvalue weighted by molar-refractivity contribution is -0.122. The SMILES string of the molecule is Cc1ccc(CN(CC(=O)NC(C)CC(C)(C)c2ccccc2)S(C)(=O)=O)cc1. The van der Waals surface area contributed by atoms with Crippen LogP contribution >= 0.6 is 0 Å². The highest BCUT2D eigenvalue weighted by Crippen LogP contribution is 2.28. The second kappa shape index (κ2) is 9.55. The van der Waals surface area contributed by atoms with E-state index >= 15 is 0 Å². The molecule has 158 valence electrons. The number of benzene rings is 2. The Bertz CT molecular complexity index is 907. The van der Waals surface area contributed by atoms with E-state index in [1.54, 1.807) is 0 Å². The zero-order chi connectivity index (χ0) is 21.7. The molecule has 6 heteroatoms. The Morgan fingerprint density at radius 2 is 1.66 bits per heavy atom. The second-order valence-corrected chi connectivity index (χ2v) is 10.4. The summed E-state index contributed by atoms with van der Waals surface area (Å²) in [6.07, 6.45) is 1.88. The molecule has 0 bridgehead atoms. The fourth-order valence-electron chi connectivity index (χ4n) is 3.49. The fraction of sp³-hybridized carbons (Fsp3) is 0.435. The first-order chi connectivity index (χ1) is 13.5. The zero-order valence-corrected chi connectivity index (χ0v) is 18.8. The zero-order valence-electron chi connectivity index (χ0n) is 18.0. The summed E-state index contributed by atoms with van der Waals surface area (Å²) in [5.41, 5.74) is 3.06. The van der Waals surface area contributed by atoms with Gasteiger partial charge in [0.15, 0.2) is 0 Å². The largest absolute Gasteiger partial charge is 0.352 e. The fourth-order valence-corrected chi connectivity index (χ4v) is 4.23. The van der Waals surface area contributed by atoms with Crippen molar-refractivity contribution in [1.29, 1.82) is 0 Å². The Balaban J connectivity index is 1.99. The van der Waals surface area contributed by atoms with Crippen LogP contribution in [0.2, 0.25) is 0 Å². The number of sulfonamides is 1. The Kier molecular flexibility index (Phi) is 7.60. The smallest absolute Gasteiger partial charge is 0.235 e. The van der Waals surface area contributed by atoms with Crippen LogP contribution in [0.3, 0.4) is 0 Å². The van der Waals surface area contributed by atoms with E-state index in [1.807, 2.05) is 56.3 Å². The standard InChI is InChI=1S/C23H32N2O3S/c1-18-11-13-20(14-12-18)16-25(29(5,27)28)17-22(26)24-19(2)15-23(3,4)21-9-7-6-8-10-21/h6-14,19H,15-17H2,1-5H3,(H,24,26). The molecule has 1 atom stereocenters. The van der Waals surface area contributed by atoms with E-state index in [2.05, 4.69) is 31.3 Å². The molecule has 2 aromatic rings. The van der Waals surface area contributed by atoms with Gasteiger partial charge in [-0.2, -0.15) is 4.31 Å². The number of nitrogens with zero attached hydrogens (tertiary/aromatic N) is 1. The first-order valence-electron chi connectivity index (χ1n) is 9.83. The molecule has 2 rings (SSSR count). The lowest BCUT2D eigenvalue weighted by Crippen LogP contribution is -2.44. The van der Waals surface area contributed by atoms with Crippen molar-refractivity contribution in [2.75, 3.05) is 12.8 Å². The third-order valence-electron chi connectivity index (χ3n) is 5.05. The number of amides is 1. The van der Waals surface area contributed by atoms with Crippen molar-refractivity contribution < 1.29 is 13.2 Å². The van der Waals surface area contributed by atoms with Gasteiger partial charge in [-0.25, -0.2) is 8.42 Å². The molecule has 1 N–H and O–H groups in total. The van der Waals surface area contributed by atoms with Gasteiger partial charge in [0.25, 0.3) is 0 Å². The molecule has 0 aliphatic carbocycles. The summed E-state index contributed by atoms with van der Waals surface area (Å²) in [5, 5.41) is 2.96. The molecule has 0 spiro atoms. The maximum absolute atomic E-state index is 12.6. The molecular formula is C23H32N2O3S. The van der Waals surface area contributed by atoms with Crippen molar-refractivity contribution >= 4 is 15.9 Å². The predicted molar refractivity (Wildman–Crippen MR) is 118 cm³/mol. The second-order valence-electron chi connectivity index (χ2n) is 8.44. The van der Waals surface area contributed by atoms with Crippen LogP contribution in [0.15, 0.2) is 54.6 Å². The van der Waals surface area contributed by atoms with Gasteiger partial charge in [0.2, 0.25) is 15.9 Å². The van der Waals surface area contributed by atoms with Crippen molar-refractivity contribution in [2.45, 2.75) is 52.1 Å². The van der Waals surface area contributed by atoms with Crippen LogP contribution < -0.4 is 5.32 Å². The van der Waals surface area contributed by atoms with Crippen LogP contribution in [-0.2, 0) is 26.8 Å². The molecule has 0 aliphatic rings. The van der Waals surface area contributed by atoms with Gasteiger partial charge >= 0.3 is 0 Å². The monoisotopic (exact) mass is 416 g/mol. The van der Waals surface area contributed by atoms with Gasteiger partial charge in [-0.05, 0) is 36.8 Å². The third-order valence-corrected chi connectivity index (χ3v) is 6.24. The summed E-state index contributed by atoms with van der Waals surface area (Å²) < 4.78 is 25.6. The molecule has 0 fully saturated rings. The van der Waals surface area contributed by atoms with Gasteiger partial charge in [-0.1, -0.05) is 74.0 Å². The minimum Gasteiger partial charge on any atom is -0.352 e. The van der Waals surface area contributed by atoms with E-state index in [-0.39, 0.29) is 30.5 Å². The molecule has 0 saturated heterocycles. The molecule has 0 saturated carbocycles. The van der Waals surface area contributed by atoms with Gasteiger partial charge in [0.05, 0.1) is 12.8 Å². The normalized spacial score (nSPS) is 13.3. The van der Waals surface area contributed by atoms with Crippen LogP contribution in [-0.4, -0.2) is 37.5 Å². The Morgan fingerprint density at radius 1 is 1.07 bits per heavy atom. The first-order valence-corrected chi connectivity index (χ1v) is 11.7. The third kappa shape index (κ3) is 7.29. The summed E-state index contributed by atoms with van der Waals surface area (Å²) in [5.74, 6) is -0.293. The van der Waals surface area contributed by atoms with Crippen molar-refractivity contribution in [3.05, 3.63) is 71.3 Å². The summed E-state index contributed by atoms with van der Waals surface area (Å²) in [4.78, 5) is 12.6. The summed E-state index contributed by atoms with van der Waals surface area (Å²) in [7, 11) is -3.51. The molecule has 0 heterocycles. The Hall–Kier alpha value is -2.18. The highest BCUT2D eigenvalue weighted by molar-refractivity contribution is 7.88. The van der Waals surface area contributed by atoms with Crippen LogP contribution in [0.5, 0.6) is 0 Å². The molecular weight excluding hydrogens is 384 g/mol. The summed E-state index contributed by atoms with van der Waals surface area (Å²) in [6, 6.07) is 17.7. The number of carbonyl (C=O) groups excluding carboxylic acids is 1. The van der Waals surface area contributed by atoms with Crippen molar-refractivity contribution in [3.8, 4) is 0 Å². The Labute approximate surface area is 175 Å². The summed E-state index contributed by atoms with van der Waals surface area (Å²) >= 11 is 0. The number of hydrogen-bond donors (Lipinski definition) is 1. The Morgan fingerprint density at radius 3 is 2.21 bits per heavy atom. The van der Waals surface area contributed by atoms with E-state index in [0.717, 1.165) is 23.8 Å². The molecule has 0 aliphatic heterocycles. The number of nitrogens with one attached hydrogen (secondary N) is 1. The van der Waals surface area contributed by atoms with Gasteiger partial charge in [-0.15, -0.1) is 0 Å². The number of aryl methyl sites for hydroxylation is 1. The molecule has 2 aromatic carbocycles. The average Bonchev–Trinajstić information content (AvgIpc) is 2.62. The number of hydrogen-bond acceptors (Lipinski definition) is 3. The minimum atomic E-state index is -3.51. The quantitative estimate of drug-likeness (QED) is 0.679. The molecule has 0 radical (unpaired) electrons. The van der Waals surface area contributed by atoms with Crippen molar-refractivity contribution in [1.82, 2.24) is 9.62 Å². The van der Waals surface area contributed by atoms with Crippen molar-refractivity contribution in [3.63, 3.8) is 0 Å². The molecule has 0 aromatic heterocycles. The lowest BCUT2D eigenvalue weighted by Gasteiger charge is -2.29. The van der Waals surface area contributed by atoms with E-state index < -0.39 is 10.0 Å². The highest BCUT2D eigenvalue weighted by atomic mass is 32.2. The van der Waals surface area contributed by atoms with E-state index in [9.17, 15) is 13.2 Å². The van der Waals surface area contributed by atoms with Crippen molar-refractivity contribution in [2.24, 2.45) is 0 Å². The highest BCUT2D eigenvalue weighted by Gasteiger charge is 2.26. The van der Waals surface area contributed by atoms with Gasteiger partial charge in [-0.3, -0.25) is 4.79 Å². The minimum absolute atomic E-state index is 0.0847. The number of rotatable bonds is 9. The maximum atomic E-state index is 12.6. The first kappa shape index (κ1) is 23.1. The van der Waals surface area contributed by atoms with Crippen LogP contribution in [0.4, 0.5) is 0 Å². The van der Waals surface area contributed by atoms with Crippen LogP contribution in [0.1, 0.15) is 43.9 Å². The van der Waals surface area contributed by atoms with E-state index in [4.69, 9.17) is 0 Å². The molecule has 5 nitrogen and oxygen atoms in total. The van der Waals surface area contributed by atoms with Gasteiger partial charge in [0.1, 0.15) is 0 Å². The maximum Gasteiger partial charge on any atom is 0.235 e. The topological polar surface area (TPSA) is 66.5 Å². The van der Waals surface area contributed by atoms with E-state index in [1.165, 1.54) is 9.87 Å². The van der Waals surface area contributed by atoms with Gasteiger partial charge in [0, 0.05) is 12.6 Å². The van der Waals surface area contributed by atoms with E-state index in [0.29, 0.717) is 0 Å². The van der Waals surface area contributed by atoms with Crippen LogP contribution in [0, 0.1) is 6.92 Å². The average molecular weight is 417 g/mol. The number of carbonyl (C=O) groups is 1. The molecule has 1 amide bonds. The summed E-state index contributed by atoms with van der Waals surface area (Å²) in [6.45, 7) is 8.20. The van der Waals surface area contributed by atoms with Crippen LogP contribution in [0.25, 0.3) is 0 Å². The lowest BCUT2D eigenvalue weighted by atomic mass is 9.79. The molecule has 29 heavy (non-hydrogen) atoms. The predicted octanol–water partition coefficient (Wildman–Crippen LogP) is 3.63.